The summed E-state index contributed by atoms with van der Waals surface area (Å²) < 4.78 is 22.6. The lowest BCUT2D eigenvalue weighted by molar-refractivity contribution is 0.153. The van der Waals surface area contributed by atoms with Gasteiger partial charge in [-0.15, -0.1) is 0 Å². The van der Waals surface area contributed by atoms with E-state index in [1.165, 1.54) is 19.3 Å². The van der Waals surface area contributed by atoms with Gasteiger partial charge in [0.25, 0.3) is 0 Å². The molecule has 1 saturated carbocycles. The van der Waals surface area contributed by atoms with Crippen molar-refractivity contribution >= 4 is 9.84 Å². The quantitative estimate of drug-likeness (QED) is 0.708. The molecule has 2 aliphatic rings. The molecule has 5 heteroatoms. The lowest BCUT2D eigenvalue weighted by atomic mass is 9.94. The summed E-state index contributed by atoms with van der Waals surface area (Å²) in [5.74, 6) is 0.0298. The molecule has 2 fully saturated rings. The van der Waals surface area contributed by atoms with E-state index in [9.17, 15) is 13.5 Å². The van der Waals surface area contributed by atoms with Crippen molar-refractivity contribution in [1.29, 1.82) is 0 Å². The Morgan fingerprint density at radius 2 is 1.73 bits per heavy atom. The van der Waals surface area contributed by atoms with Gasteiger partial charge < -0.3 is 10.4 Å². The third-order valence-corrected chi connectivity index (χ3v) is 5.09. The molecule has 2 atom stereocenters. The van der Waals surface area contributed by atoms with Crippen LogP contribution < -0.4 is 5.32 Å². The van der Waals surface area contributed by atoms with Crippen LogP contribution in [0.2, 0.25) is 0 Å². The van der Waals surface area contributed by atoms with Crippen LogP contribution in [0.3, 0.4) is 0 Å². The topological polar surface area (TPSA) is 66.4 Å². The first-order chi connectivity index (χ1) is 7.07. The highest BCUT2D eigenvalue weighted by Gasteiger charge is 2.37. The fourth-order valence-corrected chi connectivity index (χ4v) is 4.31. The number of aliphatic hydroxyl groups is 1. The van der Waals surface area contributed by atoms with Gasteiger partial charge in [0.2, 0.25) is 0 Å². The van der Waals surface area contributed by atoms with Crippen molar-refractivity contribution in [3.05, 3.63) is 0 Å². The zero-order valence-corrected chi connectivity index (χ0v) is 9.67. The molecular formula is C10H19NO3S. The van der Waals surface area contributed by atoms with Crippen molar-refractivity contribution in [2.45, 2.75) is 50.3 Å². The van der Waals surface area contributed by atoms with Crippen molar-refractivity contribution in [1.82, 2.24) is 5.32 Å². The summed E-state index contributed by atoms with van der Waals surface area (Å²) in [7, 11) is -3.01. The van der Waals surface area contributed by atoms with Crippen LogP contribution in [0.25, 0.3) is 0 Å². The standard InChI is InChI=1S/C10H19NO3S/c12-10-7-15(13,14)6-9(10)11-8-4-2-1-3-5-8/h8-12H,1-7H2/t9-,10-/m0/s1. The minimum absolute atomic E-state index is 0.0720. The third kappa shape index (κ3) is 2.92. The summed E-state index contributed by atoms with van der Waals surface area (Å²) in [6.07, 6.45) is 5.23. The average molecular weight is 233 g/mol. The number of nitrogens with one attached hydrogen (secondary N) is 1. The van der Waals surface area contributed by atoms with Crippen molar-refractivity contribution in [2.24, 2.45) is 0 Å². The Hall–Kier alpha value is -0.130. The summed E-state index contributed by atoms with van der Waals surface area (Å²) in [5, 5.41) is 12.9. The maximum Gasteiger partial charge on any atom is 0.154 e. The summed E-state index contributed by atoms with van der Waals surface area (Å²) in [5.41, 5.74) is 0. The number of rotatable bonds is 2. The van der Waals surface area contributed by atoms with Gasteiger partial charge in [0.1, 0.15) is 0 Å². The summed E-state index contributed by atoms with van der Waals surface area (Å²) >= 11 is 0. The van der Waals surface area contributed by atoms with E-state index in [1.807, 2.05) is 0 Å². The molecule has 0 bridgehead atoms. The minimum atomic E-state index is -3.01. The van der Waals surface area contributed by atoms with Gasteiger partial charge in [-0.25, -0.2) is 8.42 Å². The van der Waals surface area contributed by atoms with Gasteiger partial charge >= 0.3 is 0 Å². The predicted molar refractivity (Wildman–Crippen MR) is 58.5 cm³/mol. The summed E-state index contributed by atoms with van der Waals surface area (Å²) in [4.78, 5) is 0. The van der Waals surface area contributed by atoms with Crippen LogP contribution in [0.15, 0.2) is 0 Å². The van der Waals surface area contributed by atoms with E-state index < -0.39 is 15.9 Å². The fourth-order valence-electron chi connectivity index (χ4n) is 2.56. The summed E-state index contributed by atoms with van der Waals surface area (Å²) in [6.45, 7) is 0. The van der Waals surface area contributed by atoms with E-state index in [4.69, 9.17) is 0 Å². The van der Waals surface area contributed by atoms with E-state index >= 15 is 0 Å². The normalized spacial score (nSPS) is 36.9. The molecule has 0 aromatic rings. The Bertz CT molecular complexity index is 309. The molecule has 0 aromatic heterocycles. The Kier molecular flexibility index (Phi) is 3.33. The number of hydrogen-bond donors (Lipinski definition) is 2. The molecule has 0 amide bonds. The number of sulfone groups is 1. The predicted octanol–water partition coefficient (Wildman–Crippen LogP) is 0.0666. The second-order valence-corrected chi connectivity index (χ2v) is 6.91. The van der Waals surface area contributed by atoms with Crippen LogP contribution in [-0.4, -0.2) is 43.2 Å². The zero-order valence-electron chi connectivity index (χ0n) is 8.85. The first-order valence-corrected chi connectivity index (χ1v) is 7.53. The van der Waals surface area contributed by atoms with E-state index in [0.29, 0.717) is 6.04 Å². The first kappa shape index (κ1) is 11.4. The van der Waals surface area contributed by atoms with Gasteiger partial charge in [0.05, 0.1) is 17.6 Å². The highest BCUT2D eigenvalue weighted by molar-refractivity contribution is 7.91. The van der Waals surface area contributed by atoms with E-state index in [1.54, 1.807) is 0 Å². The Morgan fingerprint density at radius 3 is 2.27 bits per heavy atom. The minimum Gasteiger partial charge on any atom is -0.390 e. The molecule has 1 aliphatic carbocycles. The SMILES string of the molecule is O=S1(=O)C[C@H](NC2CCCCC2)[C@@H](O)C1. The number of hydrogen-bond acceptors (Lipinski definition) is 4. The van der Waals surface area contributed by atoms with Gasteiger partial charge in [-0.3, -0.25) is 0 Å². The number of aliphatic hydroxyl groups excluding tert-OH is 1. The van der Waals surface area contributed by atoms with Crippen molar-refractivity contribution < 1.29 is 13.5 Å². The molecule has 2 rings (SSSR count). The van der Waals surface area contributed by atoms with Crippen molar-refractivity contribution in [2.75, 3.05) is 11.5 Å². The maximum absolute atomic E-state index is 11.3. The maximum atomic E-state index is 11.3. The molecule has 1 aliphatic heterocycles. The molecule has 0 unspecified atom stereocenters. The molecule has 15 heavy (non-hydrogen) atoms. The van der Waals surface area contributed by atoms with Gasteiger partial charge in [-0.1, -0.05) is 19.3 Å². The molecule has 2 N–H and O–H groups in total. The Balaban J connectivity index is 1.89. The van der Waals surface area contributed by atoms with Gasteiger partial charge in [0.15, 0.2) is 9.84 Å². The third-order valence-electron chi connectivity index (χ3n) is 3.38. The lowest BCUT2D eigenvalue weighted by Crippen LogP contribution is -2.45. The van der Waals surface area contributed by atoms with Crippen LogP contribution in [0.1, 0.15) is 32.1 Å². The molecule has 0 spiro atoms. The van der Waals surface area contributed by atoms with E-state index in [0.717, 1.165) is 12.8 Å². The van der Waals surface area contributed by atoms with Crippen LogP contribution >= 0.6 is 0 Å². The van der Waals surface area contributed by atoms with Gasteiger partial charge in [-0.05, 0) is 12.8 Å². The Morgan fingerprint density at radius 1 is 1.07 bits per heavy atom. The van der Waals surface area contributed by atoms with Crippen molar-refractivity contribution in [3.63, 3.8) is 0 Å². The van der Waals surface area contributed by atoms with E-state index in [2.05, 4.69) is 5.32 Å². The molecule has 1 saturated heterocycles. The lowest BCUT2D eigenvalue weighted by Gasteiger charge is -2.27. The molecule has 4 nitrogen and oxygen atoms in total. The van der Waals surface area contributed by atoms with E-state index in [-0.39, 0.29) is 17.5 Å². The molecular weight excluding hydrogens is 214 g/mol. The Labute approximate surface area is 91.0 Å². The first-order valence-electron chi connectivity index (χ1n) is 5.71. The van der Waals surface area contributed by atoms with Crippen LogP contribution in [0.4, 0.5) is 0 Å². The van der Waals surface area contributed by atoms with Crippen molar-refractivity contribution in [3.8, 4) is 0 Å². The van der Waals surface area contributed by atoms with Gasteiger partial charge in [-0.2, -0.15) is 0 Å². The second-order valence-electron chi connectivity index (χ2n) is 4.75. The average Bonchev–Trinajstić information content (AvgIpc) is 2.41. The monoisotopic (exact) mass is 233 g/mol. The highest BCUT2D eigenvalue weighted by Crippen LogP contribution is 2.20. The fraction of sp³-hybridized carbons (Fsp3) is 1.00. The molecule has 88 valence electrons. The largest absolute Gasteiger partial charge is 0.390 e. The van der Waals surface area contributed by atoms with Crippen LogP contribution in [-0.2, 0) is 9.84 Å². The molecule has 1 heterocycles. The summed E-state index contributed by atoms with van der Waals surface area (Å²) in [6, 6.07) is 0.171. The van der Waals surface area contributed by atoms with Crippen LogP contribution in [0, 0.1) is 0 Å². The van der Waals surface area contributed by atoms with Crippen LogP contribution in [0.5, 0.6) is 0 Å². The second kappa shape index (κ2) is 4.39. The highest BCUT2D eigenvalue weighted by atomic mass is 32.2. The zero-order chi connectivity index (χ0) is 10.9. The molecule has 0 aromatic carbocycles. The van der Waals surface area contributed by atoms with Gasteiger partial charge in [0, 0.05) is 12.1 Å². The smallest absolute Gasteiger partial charge is 0.154 e. The molecule has 0 radical (unpaired) electrons.